The number of carbonyl (C=O) groups excluding carboxylic acids is 2. The van der Waals surface area contributed by atoms with E-state index in [-0.39, 0.29) is 30.5 Å². The summed E-state index contributed by atoms with van der Waals surface area (Å²) in [6, 6.07) is 16.9. The van der Waals surface area contributed by atoms with Crippen LogP contribution in [-0.4, -0.2) is 37.6 Å². The van der Waals surface area contributed by atoms with Crippen LogP contribution in [0.25, 0.3) is 0 Å². The molecule has 1 fully saturated rings. The van der Waals surface area contributed by atoms with E-state index in [1.165, 1.54) is 0 Å². The van der Waals surface area contributed by atoms with E-state index in [0.29, 0.717) is 12.1 Å². The smallest absolute Gasteiger partial charge is 0.251 e. The highest BCUT2D eigenvalue weighted by Gasteiger charge is 2.17. The van der Waals surface area contributed by atoms with Gasteiger partial charge in [0.15, 0.2) is 0 Å². The minimum absolute atomic E-state index is 0.0644. The molecule has 2 atom stereocenters. The van der Waals surface area contributed by atoms with Crippen LogP contribution in [0.5, 0.6) is 0 Å². The molecule has 0 bridgehead atoms. The quantitative estimate of drug-likeness (QED) is 0.657. The zero-order valence-corrected chi connectivity index (χ0v) is 16.1. The second-order valence-electron chi connectivity index (χ2n) is 6.98. The van der Waals surface area contributed by atoms with Gasteiger partial charge in [-0.15, -0.1) is 0 Å². The molecular formula is C22H27N3O3. The normalized spacial score (nSPS) is 17.0. The van der Waals surface area contributed by atoms with Crippen molar-refractivity contribution in [2.75, 3.05) is 25.0 Å². The molecule has 1 aliphatic heterocycles. The van der Waals surface area contributed by atoms with Gasteiger partial charge in [0.2, 0.25) is 5.91 Å². The molecule has 1 aliphatic rings. The molecule has 0 spiro atoms. The largest absolute Gasteiger partial charge is 0.376 e. The number of hydrogen-bond donors (Lipinski definition) is 3. The number of rotatable bonds is 8. The number of nitrogens with one attached hydrogen (secondary N) is 3. The summed E-state index contributed by atoms with van der Waals surface area (Å²) in [6.07, 6.45) is 2.14. The predicted molar refractivity (Wildman–Crippen MR) is 109 cm³/mol. The highest BCUT2D eigenvalue weighted by Crippen LogP contribution is 2.14. The monoisotopic (exact) mass is 381 g/mol. The fraction of sp³-hybridized carbons (Fsp3) is 0.364. The molecule has 1 saturated heterocycles. The lowest BCUT2D eigenvalue weighted by atomic mass is 10.1. The van der Waals surface area contributed by atoms with Gasteiger partial charge in [-0.05, 0) is 43.5 Å². The summed E-state index contributed by atoms with van der Waals surface area (Å²) >= 11 is 0. The van der Waals surface area contributed by atoms with Gasteiger partial charge in [-0.1, -0.05) is 36.4 Å². The topological polar surface area (TPSA) is 79.5 Å². The minimum atomic E-state index is -0.138. The average molecular weight is 381 g/mol. The Balaban J connectivity index is 1.47. The van der Waals surface area contributed by atoms with E-state index in [2.05, 4.69) is 16.0 Å². The maximum atomic E-state index is 12.3. The first-order valence-corrected chi connectivity index (χ1v) is 9.70. The maximum absolute atomic E-state index is 12.3. The molecule has 0 aliphatic carbocycles. The van der Waals surface area contributed by atoms with Crippen LogP contribution in [0.15, 0.2) is 54.6 Å². The lowest BCUT2D eigenvalue weighted by molar-refractivity contribution is -0.120. The molecule has 2 amide bonds. The Bertz CT molecular complexity index is 789. The summed E-state index contributed by atoms with van der Waals surface area (Å²) in [6.45, 7) is 3.38. The Labute approximate surface area is 165 Å². The molecular weight excluding hydrogens is 354 g/mol. The summed E-state index contributed by atoms with van der Waals surface area (Å²) in [7, 11) is 0. The van der Waals surface area contributed by atoms with E-state index in [1.807, 2.05) is 43.3 Å². The Kier molecular flexibility index (Phi) is 7.03. The Hall–Kier alpha value is -2.86. The lowest BCUT2D eigenvalue weighted by Crippen LogP contribution is -2.32. The van der Waals surface area contributed by atoms with Crippen molar-refractivity contribution in [2.24, 2.45) is 0 Å². The number of hydrogen-bond acceptors (Lipinski definition) is 4. The number of ether oxygens (including phenoxy) is 1. The molecule has 28 heavy (non-hydrogen) atoms. The summed E-state index contributed by atoms with van der Waals surface area (Å²) < 4.78 is 5.52. The van der Waals surface area contributed by atoms with E-state index in [9.17, 15) is 9.59 Å². The predicted octanol–water partition coefficient (Wildman–Crippen LogP) is 2.88. The standard InChI is InChI=1S/C22H27N3O3/c1-16(17-7-3-2-4-8-17)25-21(26)15-23-19-10-5-9-18(13-19)22(27)24-14-20-11-6-12-28-20/h2-5,7-10,13,16,20,23H,6,11-12,14-15H2,1H3,(H,24,27)(H,25,26). The van der Waals surface area contributed by atoms with Crippen LogP contribution >= 0.6 is 0 Å². The first kappa shape index (κ1) is 19.9. The van der Waals surface area contributed by atoms with Gasteiger partial charge < -0.3 is 20.7 Å². The van der Waals surface area contributed by atoms with Crippen LogP contribution in [0, 0.1) is 0 Å². The van der Waals surface area contributed by atoms with Gasteiger partial charge in [-0.2, -0.15) is 0 Å². The van der Waals surface area contributed by atoms with Crippen molar-refractivity contribution >= 4 is 17.5 Å². The molecule has 1 heterocycles. The molecule has 3 N–H and O–H groups in total. The van der Waals surface area contributed by atoms with Crippen LogP contribution in [0.4, 0.5) is 5.69 Å². The molecule has 148 valence electrons. The van der Waals surface area contributed by atoms with Crippen LogP contribution < -0.4 is 16.0 Å². The summed E-state index contributed by atoms with van der Waals surface area (Å²) in [4.78, 5) is 24.5. The Morgan fingerprint density at radius 2 is 1.96 bits per heavy atom. The van der Waals surface area contributed by atoms with Crippen molar-refractivity contribution in [3.63, 3.8) is 0 Å². The molecule has 3 rings (SSSR count). The van der Waals surface area contributed by atoms with Crippen molar-refractivity contribution in [2.45, 2.75) is 31.9 Å². The molecule has 0 radical (unpaired) electrons. The highest BCUT2D eigenvalue weighted by molar-refractivity contribution is 5.95. The van der Waals surface area contributed by atoms with Gasteiger partial charge >= 0.3 is 0 Å². The fourth-order valence-corrected chi connectivity index (χ4v) is 3.18. The zero-order chi connectivity index (χ0) is 19.8. The Morgan fingerprint density at radius 3 is 2.71 bits per heavy atom. The van der Waals surface area contributed by atoms with E-state index < -0.39 is 0 Å². The molecule has 2 aromatic rings. The second kappa shape index (κ2) is 9.90. The van der Waals surface area contributed by atoms with Crippen molar-refractivity contribution in [3.8, 4) is 0 Å². The summed E-state index contributed by atoms with van der Waals surface area (Å²) in [5.41, 5.74) is 2.34. The first-order valence-electron chi connectivity index (χ1n) is 9.70. The Morgan fingerprint density at radius 1 is 1.14 bits per heavy atom. The number of benzene rings is 2. The third-order valence-corrected chi connectivity index (χ3v) is 4.77. The van der Waals surface area contributed by atoms with Crippen molar-refractivity contribution in [3.05, 3.63) is 65.7 Å². The van der Waals surface area contributed by atoms with Gasteiger partial charge in [0, 0.05) is 24.4 Å². The fourth-order valence-electron chi connectivity index (χ4n) is 3.18. The number of anilines is 1. The highest BCUT2D eigenvalue weighted by atomic mass is 16.5. The first-order chi connectivity index (χ1) is 13.6. The van der Waals surface area contributed by atoms with Gasteiger partial charge in [0.1, 0.15) is 0 Å². The number of carbonyl (C=O) groups is 2. The van der Waals surface area contributed by atoms with Gasteiger partial charge in [-0.3, -0.25) is 9.59 Å². The third-order valence-electron chi connectivity index (χ3n) is 4.77. The van der Waals surface area contributed by atoms with E-state index in [0.717, 1.165) is 30.7 Å². The summed E-state index contributed by atoms with van der Waals surface area (Å²) in [5, 5.41) is 8.94. The van der Waals surface area contributed by atoms with Gasteiger partial charge in [0.25, 0.3) is 5.91 Å². The molecule has 0 saturated carbocycles. The van der Waals surface area contributed by atoms with Crippen molar-refractivity contribution < 1.29 is 14.3 Å². The second-order valence-corrected chi connectivity index (χ2v) is 6.98. The zero-order valence-electron chi connectivity index (χ0n) is 16.1. The molecule has 6 nitrogen and oxygen atoms in total. The van der Waals surface area contributed by atoms with E-state index in [1.54, 1.807) is 18.2 Å². The third kappa shape index (κ3) is 5.82. The average Bonchev–Trinajstić information content (AvgIpc) is 3.25. The van der Waals surface area contributed by atoms with E-state index in [4.69, 9.17) is 4.74 Å². The van der Waals surface area contributed by atoms with Crippen molar-refractivity contribution in [1.82, 2.24) is 10.6 Å². The van der Waals surface area contributed by atoms with Gasteiger partial charge in [0.05, 0.1) is 18.7 Å². The van der Waals surface area contributed by atoms with Crippen LogP contribution in [0.1, 0.15) is 41.7 Å². The maximum Gasteiger partial charge on any atom is 0.251 e. The molecule has 6 heteroatoms. The van der Waals surface area contributed by atoms with E-state index >= 15 is 0 Å². The SMILES string of the molecule is CC(NC(=O)CNc1cccc(C(=O)NCC2CCCO2)c1)c1ccccc1. The lowest BCUT2D eigenvalue weighted by Gasteiger charge is -2.15. The summed E-state index contributed by atoms with van der Waals surface area (Å²) in [5.74, 6) is -0.245. The molecule has 2 aromatic carbocycles. The van der Waals surface area contributed by atoms with Crippen LogP contribution in [0.2, 0.25) is 0 Å². The van der Waals surface area contributed by atoms with Crippen LogP contribution in [0.3, 0.4) is 0 Å². The van der Waals surface area contributed by atoms with Crippen LogP contribution in [-0.2, 0) is 9.53 Å². The molecule has 2 unspecified atom stereocenters. The van der Waals surface area contributed by atoms with Gasteiger partial charge in [-0.25, -0.2) is 0 Å². The van der Waals surface area contributed by atoms with Crippen molar-refractivity contribution in [1.29, 1.82) is 0 Å². The number of amides is 2. The minimum Gasteiger partial charge on any atom is -0.376 e. The molecule has 0 aromatic heterocycles.